The average molecular weight is 435 g/mol. The molecule has 1 amide bonds. The Morgan fingerprint density at radius 2 is 1.48 bits per heavy atom. The first-order chi connectivity index (χ1) is 15.1. The number of amidine groups is 1. The van der Waals surface area contributed by atoms with Crippen molar-refractivity contribution in [2.75, 3.05) is 19.6 Å². The third-order valence-corrected chi connectivity index (χ3v) is 6.95. The number of unbranched alkanes of at least 4 members (excludes halogenated alkanes) is 12. The molecule has 1 aliphatic heterocycles. The fourth-order valence-corrected chi connectivity index (χ4v) is 4.93. The monoisotopic (exact) mass is 434 g/mol. The van der Waals surface area contributed by atoms with Crippen LogP contribution in [0.1, 0.15) is 124 Å². The minimum Gasteiger partial charge on any atom is -0.307 e. The van der Waals surface area contributed by atoms with Crippen LogP contribution in [0, 0.1) is 0 Å². The third kappa shape index (κ3) is 11.3. The summed E-state index contributed by atoms with van der Waals surface area (Å²) < 4.78 is 0.826. The van der Waals surface area contributed by atoms with E-state index >= 15 is 0 Å². The van der Waals surface area contributed by atoms with Crippen LogP contribution in [0.5, 0.6) is 0 Å². The molecule has 0 radical (unpaired) electrons. The minimum atomic E-state index is 0.0482. The molecule has 1 rings (SSSR count). The molecular weight excluding hydrogens is 382 g/mol. The van der Waals surface area contributed by atoms with Crippen LogP contribution in [0.15, 0.2) is 17.1 Å². The fraction of sp³-hybridized carbons (Fsp3) is 0.852. The molecule has 2 unspecified atom stereocenters. The molecule has 0 aromatic rings. The summed E-state index contributed by atoms with van der Waals surface area (Å²) >= 11 is 0. The van der Waals surface area contributed by atoms with Gasteiger partial charge in [-0.15, -0.1) is 0 Å². The van der Waals surface area contributed by atoms with E-state index in [4.69, 9.17) is 4.99 Å². The second-order valence-electron chi connectivity index (χ2n) is 9.44. The SMILES string of the molecule is CCCCCCCCCCCCCC/C=C/CCC1=NCC[N+]1(CC)C(C)NC(C)=O. The first kappa shape index (κ1) is 27.9. The Labute approximate surface area is 193 Å². The molecule has 31 heavy (non-hydrogen) atoms. The number of quaternary nitrogens is 1. The number of nitrogens with zero attached hydrogens (tertiary/aromatic N) is 2. The van der Waals surface area contributed by atoms with Crippen molar-refractivity contribution in [3.05, 3.63) is 12.2 Å². The van der Waals surface area contributed by atoms with Crippen molar-refractivity contribution in [1.82, 2.24) is 5.32 Å². The lowest BCUT2D eigenvalue weighted by atomic mass is 10.0. The fourth-order valence-electron chi connectivity index (χ4n) is 4.93. The van der Waals surface area contributed by atoms with Crippen LogP contribution in [-0.4, -0.2) is 42.0 Å². The first-order valence-electron chi connectivity index (χ1n) is 13.4. The smallest absolute Gasteiger partial charge is 0.221 e. The lowest BCUT2D eigenvalue weighted by Gasteiger charge is -2.39. The molecular formula is C27H52N3O+. The number of hydrogen-bond acceptors (Lipinski definition) is 2. The predicted molar refractivity (Wildman–Crippen MR) is 135 cm³/mol. The van der Waals surface area contributed by atoms with Gasteiger partial charge < -0.3 is 5.32 Å². The van der Waals surface area contributed by atoms with E-state index < -0.39 is 0 Å². The molecule has 4 nitrogen and oxygen atoms in total. The van der Waals surface area contributed by atoms with Crippen LogP contribution < -0.4 is 5.32 Å². The van der Waals surface area contributed by atoms with Crippen LogP contribution in [-0.2, 0) is 4.79 Å². The Hall–Kier alpha value is -1.16. The van der Waals surface area contributed by atoms with Gasteiger partial charge in [-0.25, -0.2) is 4.99 Å². The highest BCUT2D eigenvalue weighted by atomic mass is 16.1. The molecule has 0 bridgehead atoms. The summed E-state index contributed by atoms with van der Waals surface area (Å²) in [4.78, 5) is 16.3. The largest absolute Gasteiger partial charge is 0.307 e. The molecule has 1 aliphatic rings. The van der Waals surface area contributed by atoms with Gasteiger partial charge >= 0.3 is 0 Å². The normalized spacial score (nSPS) is 19.7. The van der Waals surface area contributed by atoms with Crippen molar-refractivity contribution >= 4 is 11.7 Å². The number of aliphatic imine (C=N–C) groups is 1. The quantitative estimate of drug-likeness (QED) is 0.131. The summed E-state index contributed by atoms with van der Waals surface area (Å²) in [6.07, 6.45) is 25.0. The molecule has 0 spiro atoms. The van der Waals surface area contributed by atoms with Crippen LogP contribution >= 0.6 is 0 Å². The highest BCUT2D eigenvalue weighted by Gasteiger charge is 2.41. The van der Waals surface area contributed by atoms with Gasteiger partial charge in [0.05, 0.1) is 13.1 Å². The lowest BCUT2D eigenvalue weighted by Crippen LogP contribution is -2.62. The summed E-state index contributed by atoms with van der Waals surface area (Å²) in [6.45, 7) is 11.1. The Morgan fingerprint density at radius 3 is 2.03 bits per heavy atom. The van der Waals surface area contributed by atoms with E-state index in [9.17, 15) is 4.79 Å². The number of amides is 1. The molecule has 0 aliphatic carbocycles. The van der Waals surface area contributed by atoms with E-state index in [1.54, 1.807) is 6.92 Å². The number of nitrogens with one attached hydrogen (secondary N) is 1. The van der Waals surface area contributed by atoms with Crippen molar-refractivity contribution < 1.29 is 9.28 Å². The number of carbonyl (C=O) groups is 1. The number of hydrogen-bond donors (Lipinski definition) is 1. The van der Waals surface area contributed by atoms with Crippen molar-refractivity contribution in [2.24, 2.45) is 4.99 Å². The van der Waals surface area contributed by atoms with Gasteiger partial charge in [0, 0.05) is 20.3 Å². The van der Waals surface area contributed by atoms with Crippen molar-refractivity contribution in [1.29, 1.82) is 0 Å². The predicted octanol–water partition coefficient (Wildman–Crippen LogP) is 7.14. The zero-order valence-corrected chi connectivity index (χ0v) is 21.3. The molecule has 2 atom stereocenters. The van der Waals surface area contributed by atoms with E-state index in [0.29, 0.717) is 0 Å². The lowest BCUT2D eigenvalue weighted by molar-refractivity contribution is -0.861. The maximum absolute atomic E-state index is 11.5. The maximum atomic E-state index is 11.5. The Balaban J connectivity index is 2.06. The van der Waals surface area contributed by atoms with Crippen molar-refractivity contribution in [3.8, 4) is 0 Å². The average Bonchev–Trinajstić information content (AvgIpc) is 3.17. The first-order valence-corrected chi connectivity index (χ1v) is 13.4. The molecule has 0 saturated carbocycles. The zero-order chi connectivity index (χ0) is 22.8. The van der Waals surface area contributed by atoms with Crippen LogP contribution in [0.25, 0.3) is 0 Å². The summed E-state index contributed by atoms with van der Waals surface area (Å²) in [5, 5.41) is 3.10. The Kier molecular flexibility index (Phi) is 15.6. The van der Waals surface area contributed by atoms with E-state index in [1.807, 2.05) is 0 Å². The second-order valence-corrected chi connectivity index (χ2v) is 9.44. The number of likely N-dealkylation sites (N-methyl/N-ethyl adjacent to an activating group) is 1. The van der Waals surface area contributed by atoms with Crippen LogP contribution in [0.3, 0.4) is 0 Å². The molecule has 1 N–H and O–H groups in total. The molecule has 0 aromatic carbocycles. The van der Waals surface area contributed by atoms with Crippen LogP contribution in [0.4, 0.5) is 0 Å². The summed E-state index contributed by atoms with van der Waals surface area (Å²) in [7, 11) is 0. The second kappa shape index (κ2) is 17.4. The zero-order valence-electron chi connectivity index (χ0n) is 21.3. The number of carbonyl (C=O) groups excluding carboxylic acids is 1. The highest BCUT2D eigenvalue weighted by molar-refractivity contribution is 5.78. The summed E-state index contributed by atoms with van der Waals surface area (Å²) in [5.74, 6) is 1.31. The van der Waals surface area contributed by atoms with E-state index in [-0.39, 0.29) is 12.1 Å². The Morgan fingerprint density at radius 1 is 0.935 bits per heavy atom. The van der Waals surface area contributed by atoms with Crippen LogP contribution in [0.2, 0.25) is 0 Å². The van der Waals surface area contributed by atoms with Gasteiger partial charge in [-0.05, 0) is 26.2 Å². The molecule has 0 fully saturated rings. The maximum Gasteiger partial charge on any atom is 0.221 e. The van der Waals surface area contributed by atoms with Gasteiger partial charge in [0.15, 0.2) is 12.0 Å². The molecule has 4 heteroatoms. The summed E-state index contributed by atoms with van der Waals surface area (Å²) in [5.41, 5.74) is 0. The molecule has 0 aromatic heterocycles. The van der Waals surface area contributed by atoms with Gasteiger partial charge in [0.2, 0.25) is 5.91 Å². The number of allylic oxidation sites excluding steroid dienone is 2. The van der Waals surface area contributed by atoms with Gasteiger partial charge in [0.25, 0.3) is 0 Å². The van der Waals surface area contributed by atoms with E-state index in [0.717, 1.165) is 37.0 Å². The third-order valence-electron chi connectivity index (χ3n) is 6.95. The van der Waals surface area contributed by atoms with Gasteiger partial charge in [-0.1, -0.05) is 89.7 Å². The molecule has 0 saturated heterocycles. The van der Waals surface area contributed by atoms with Gasteiger partial charge in [0.1, 0.15) is 6.54 Å². The Bertz CT molecular complexity index is 529. The number of rotatable bonds is 19. The minimum absolute atomic E-state index is 0.0482. The van der Waals surface area contributed by atoms with Gasteiger partial charge in [-0.2, -0.15) is 0 Å². The molecule has 1 heterocycles. The van der Waals surface area contributed by atoms with E-state index in [1.165, 1.54) is 89.3 Å². The van der Waals surface area contributed by atoms with Crippen molar-refractivity contribution in [3.63, 3.8) is 0 Å². The topological polar surface area (TPSA) is 41.5 Å². The standard InChI is InChI=1S/C27H51N3O/c1-5-7-8-9-10-11-12-13-14-15-16-17-18-19-20-21-22-27-28-23-24-30(27,6-2)25(3)29-26(4)31/h19-20,25H,5-18,21-24H2,1-4H3/p+1/b20-19+. The summed E-state index contributed by atoms with van der Waals surface area (Å²) in [6, 6.07) is 0. The van der Waals surface area contributed by atoms with Gasteiger partial charge in [-0.3, -0.25) is 9.28 Å². The van der Waals surface area contributed by atoms with Crippen molar-refractivity contribution in [2.45, 2.75) is 130 Å². The highest BCUT2D eigenvalue weighted by Crippen LogP contribution is 2.22. The molecule has 180 valence electrons. The van der Waals surface area contributed by atoms with E-state index in [2.05, 4.69) is 38.2 Å².